The van der Waals surface area contributed by atoms with E-state index in [0.717, 1.165) is 19.5 Å². The van der Waals surface area contributed by atoms with Gasteiger partial charge in [0.05, 0.1) is 4.92 Å². The molecule has 4 rings (SSSR count). The summed E-state index contributed by atoms with van der Waals surface area (Å²) in [5.74, 6) is 0. The lowest BCUT2D eigenvalue weighted by Crippen LogP contribution is -2.21. The first-order chi connectivity index (χ1) is 7.67. The van der Waals surface area contributed by atoms with Crippen LogP contribution in [0.15, 0.2) is 18.2 Å². The number of rotatable bonds is 1. The second kappa shape index (κ2) is 2.30. The molecule has 1 saturated carbocycles. The normalized spacial score (nSPS) is 37.8. The third-order valence-corrected chi connectivity index (χ3v) is 4.76. The fourth-order valence-corrected chi connectivity index (χ4v) is 3.97. The van der Waals surface area contributed by atoms with Crippen molar-refractivity contribution in [1.29, 1.82) is 0 Å². The van der Waals surface area contributed by atoms with E-state index in [1.807, 2.05) is 6.07 Å². The van der Waals surface area contributed by atoms with Gasteiger partial charge in [-0.3, -0.25) is 10.1 Å². The summed E-state index contributed by atoms with van der Waals surface area (Å²) in [6.07, 6.45) is 2.30. The maximum atomic E-state index is 10.7. The minimum absolute atomic E-state index is 0.235. The van der Waals surface area contributed by atoms with E-state index in [9.17, 15) is 10.1 Å². The monoisotopic (exact) mass is 216 g/mol. The zero-order valence-corrected chi connectivity index (χ0v) is 8.82. The Morgan fingerprint density at radius 3 is 3.06 bits per heavy atom. The van der Waals surface area contributed by atoms with Crippen LogP contribution >= 0.6 is 0 Å². The molecule has 1 aliphatic heterocycles. The minimum atomic E-state index is -0.298. The van der Waals surface area contributed by atoms with Gasteiger partial charge in [0.1, 0.15) is 0 Å². The Kier molecular flexibility index (Phi) is 1.25. The number of hydrogen-bond donors (Lipinski definition) is 1. The quantitative estimate of drug-likeness (QED) is 0.570. The molecule has 1 aromatic carbocycles. The van der Waals surface area contributed by atoms with Crippen molar-refractivity contribution in [1.82, 2.24) is 5.32 Å². The number of piperidine rings is 1. The zero-order chi connectivity index (χ0) is 11.0. The topological polar surface area (TPSA) is 55.2 Å². The first kappa shape index (κ1) is 8.70. The minimum Gasteiger partial charge on any atom is -0.315 e. The Bertz CT molecular complexity index is 524. The molecule has 2 atom stereocenters. The van der Waals surface area contributed by atoms with Gasteiger partial charge in [-0.2, -0.15) is 0 Å². The summed E-state index contributed by atoms with van der Waals surface area (Å²) in [6.45, 7) is 2.13. The second-order valence-corrected chi connectivity index (χ2v) is 5.42. The van der Waals surface area contributed by atoms with Gasteiger partial charge in [-0.1, -0.05) is 6.07 Å². The van der Waals surface area contributed by atoms with Crippen LogP contribution in [-0.4, -0.2) is 18.0 Å². The lowest BCUT2D eigenvalue weighted by molar-refractivity contribution is -0.384. The van der Waals surface area contributed by atoms with Crippen LogP contribution in [0.2, 0.25) is 0 Å². The van der Waals surface area contributed by atoms with Crippen molar-refractivity contribution < 1.29 is 4.92 Å². The molecule has 4 heteroatoms. The van der Waals surface area contributed by atoms with Crippen LogP contribution in [0.25, 0.3) is 0 Å². The molecule has 0 aromatic heterocycles. The van der Waals surface area contributed by atoms with Crippen LogP contribution in [0.5, 0.6) is 0 Å². The Morgan fingerprint density at radius 1 is 1.38 bits per heavy atom. The Morgan fingerprint density at radius 2 is 2.25 bits per heavy atom. The zero-order valence-electron chi connectivity index (χ0n) is 8.82. The van der Waals surface area contributed by atoms with Gasteiger partial charge in [0.25, 0.3) is 5.69 Å². The van der Waals surface area contributed by atoms with Crippen molar-refractivity contribution in [2.45, 2.75) is 18.3 Å². The maximum Gasteiger partial charge on any atom is 0.269 e. The molecule has 1 N–H and O–H groups in total. The van der Waals surface area contributed by atoms with Crippen molar-refractivity contribution in [2.24, 2.45) is 5.41 Å². The molecule has 1 aromatic rings. The summed E-state index contributed by atoms with van der Waals surface area (Å²) >= 11 is 0. The SMILES string of the molecule is O=[N+]([O-])c1ccc2c(c1)CC13CNCC21C3. The predicted molar refractivity (Wildman–Crippen MR) is 58.4 cm³/mol. The van der Waals surface area contributed by atoms with E-state index in [4.69, 9.17) is 0 Å². The van der Waals surface area contributed by atoms with E-state index in [0.29, 0.717) is 10.8 Å². The number of non-ortho nitro benzene ring substituents is 1. The van der Waals surface area contributed by atoms with Gasteiger partial charge in [-0.25, -0.2) is 0 Å². The van der Waals surface area contributed by atoms with Gasteiger partial charge in [0.2, 0.25) is 0 Å². The number of nitro groups is 1. The average Bonchev–Trinajstić information content (AvgIpc) is 2.63. The molecule has 0 amide bonds. The Labute approximate surface area is 92.8 Å². The lowest BCUT2D eigenvalue weighted by Gasteiger charge is -2.12. The molecular weight excluding hydrogens is 204 g/mol. The summed E-state index contributed by atoms with van der Waals surface area (Å²) < 4.78 is 0. The smallest absolute Gasteiger partial charge is 0.269 e. The van der Waals surface area contributed by atoms with Gasteiger partial charge in [0, 0.05) is 30.6 Å². The molecule has 0 spiro atoms. The summed E-state index contributed by atoms with van der Waals surface area (Å²) in [4.78, 5) is 10.4. The van der Waals surface area contributed by atoms with E-state index < -0.39 is 0 Å². The molecular formula is C12H12N2O2. The fraction of sp³-hybridized carbons (Fsp3) is 0.500. The highest BCUT2D eigenvalue weighted by atomic mass is 16.6. The molecule has 16 heavy (non-hydrogen) atoms. The van der Waals surface area contributed by atoms with Crippen LogP contribution in [-0.2, 0) is 11.8 Å². The molecule has 2 fully saturated rings. The van der Waals surface area contributed by atoms with E-state index in [-0.39, 0.29) is 10.6 Å². The lowest BCUT2D eigenvalue weighted by atomic mass is 9.95. The first-order valence-corrected chi connectivity index (χ1v) is 5.66. The van der Waals surface area contributed by atoms with Crippen molar-refractivity contribution in [3.05, 3.63) is 39.4 Å². The predicted octanol–water partition coefficient (Wildman–Crippen LogP) is 1.38. The van der Waals surface area contributed by atoms with E-state index in [2.05, 4.69) is 5.32 Å². The largest absolute Gasteiger partial charge is 0.315 e. The van der Waals surface area contributed by atoms with Gasteiger partial charge in [-0.15, -0.1) is 0 Å². The molecule has 82 valence electrons. The molecule has 4 nitrogen and oxygen atoms in total. The third kappa shape index (κ3) is 0.745. The highest BCUT2D eigenvalue weighted by molar-refractivity contribution is 5.56. The summed E-state index contributed by atoms with van der Waals surface area (Å²) in [7, 11) is 0. The number of benzene rings is 1. The van der Waals surface area contributed by atoms with Gasteiger partial charge >= 0.3 is 0 Å². The molecule has 2 aliphatic carbocycles. The summed E-state index contributed by atoms with van der Waals surface area (Å²) in [6, 6.07) is 5.41. The number of fused-ring (bicyclic) bond motifs is 1. The van der Waals surface area contributed by atoms with Gasteiger partial charge < -0.3 is 5.32 Å². The van der Waals surface area contributed by atoms with Crippen LogP contribution < -0.4 is 5.32 Å². The van der Waals surface area contributed by atoms with Crippen molar-refractivity contribution >= 4 is 5.69 Å². The summed E-state index contributed by atoms with van der Waals surface area (Å²) in [5.41, 5.74) is 3.55. The van der Waals surface area contributed by atoms with Crippen molar-refractivity contribution in [2.75, 3.05) is 13.1 Å². The molecule has 3 aliphatic rings. The van der Waals surface area contributed by atoms with Gasteiger partial charge in [-0.05, 0) is 29.4 Å². The van der Waals surface area contributed by atoms with Crippen LogP contribution in [0.1, 0.15) is 17.5 Å². The van der Waals surface area contributed by atoms with Gasteiger partial charge in [0.15, 0.2) is 0 Å². The average molecular weight is 216 g/mol. The summed E-state index contributed by atoms with van der Waals surface area (Å²) in [5, 5.41) is 14.2. The fourth-order valence-electron chi connectivity index (χ4n) is 3.97. The van der Waals surface area contributed by atoms with Crippen molar-refractivity contribution in [3.63, 3.8) is 0 Å². The van der Waals surface area contributed by atoms with E-state index >= 15 is 0 Å². The Hall–Kier alpha value is -1.42. The Balaban J connectivity index is 1.87. The standard InChI is InChI=1S/C12H12N2O2/c15-14(16)9-1-2-10-8(3-9)4-11-5-12(10,11)7-13-6-11/h1-3,13H,4-7H2. The molecule has 1 heterocycles. The highest BCUT2D eigenvalue weighted by Crippen LogP contribution is 2.73. The van der Waals surface area contributed by atoms with E-state index in [1.54, 1.807) is 12.1 Å². The first-order valence-electron chi connectivity index (χ1n) is 5.66. The maximum absolute atomic E-state index is 10.7. The van der Waals surface area contributed by atoms with Crippen LogP contribution in [0, 0.1) is 15.5 Å². The van der Waals surface area contributed by atoms with Crippen LogP contribution in [0.4, 0.5) is 5.69 Å². The van der Waals surface area contributed by atoms with Crippen LogP contribution in [0.3, 0.4) is 0 Å². The highest BCUT2D eigenvalue weighted by Gasteiger charge is 2.73. The molecule has 0 bridgehead atoms. The number of nitrogens with zero attached hydrogens (tertiary/aromatic N) is 1. The third-order valence-electron chi connectivity index (χ3n) is 4.76. The number of nitro benzene ring substituents is 1. The van der Waals surface area contributed by atoms with Crippen molar-refractivity contribution in [3.8, 4) is 0 Å². The molecule has 1 saturated heterocycles. The molecule has 2 unspecified atom stereocenters. The van der Waals surface area contributed by atoms with E-state index in [1.165, 1.54) is 17.5 Å². The number of nitrogens with one attached hydrogen (secondary N) is 1. The number of hydrogen-bond acceptors (Lipinski definition) is 3. The molecule has 0 radical (unpaired) electrons. The second-order valence-electron chi connectivity index (χ2n) is 5.42.